The zero-order valence-electron chi connectivity index (χ0n) is 23.7. The molecule has 1 aliphatic rings. The normalized spacial score (nSPS) is 18.7. The molecule has 12 nitrogen and oxygen atoms in total. The summed E-state index contributed by atoms with van der Waals surface area (Å²) in [6.45, 7) is 5.94. The van der Waals surface area contributed by atoms with Gasteiger partial charge in [0.25, 0.3) is 15.9 Å². The molecule has 0 spiro atoms. The van der Waals surface area contributed by atoms with Gasteiger partial charge in [0.1, 0.15) is 17.6 Å². The van der Waals surface area contributed by atoms with E-state index >= 15 is 0 Å². The highest BCUT2D eigenvalue weighted by Crippen LogP contribution is 2.37. The number of hydrogen-bond donors (Lipinski definition) is 2. The van der Waals surface area contributed by atoms with Gasteiger partial charge >= 0.3 is 0 Å². The predicted octanol–water partition coefficient (Wildman–Crippen LogP) is 2.77. The third-order valence-electron chi connectivity index (χ3n) is 7.13. The van der Waals surface area contributed by atoms with Crippen LogP contribution in [0.5, 0.6) is 5.75 Å². The maximum Gasteiger partial charge on any atom is 0.267 e. The smallest absolute Gasteiger partial charge is 0.267 e. The zero-order chi connectivity index (χ0) is 31.0. The quantitative estimate of drug-likeness (QED) is 0.365. The molecule has 0 unspecified atom stereocenters. The minimum Gasteiger partial charge on any atom is -0.486 e. The highest BCUT2D eigenvalue weighted by molar-refractivity contribution is 7.92. The van der Waals surface area contributed by atoms with Gasteiger partial charge in [-0.2, -0.15) is 4.31 Å². The number of hydrogen-bond acceptors (Lipinski definition) is 9. The lowest BCUT2D eigenvalue weighted by atomic mass is 9.99. The van der Waals surface area contributed by atoms with Crippen LogP contribution in [0.25, 0.3) is 0 Å². The van der Waals surface area contributed by atoms with Gasteiger partial charge in [0, 0.05) is 19.5 Å². The van der Waals surface area contributed by atoms with Gasteiger partial charge in [0.2, 0.25) is 10.0 Å². The molecule has 0 aliphatic carbocycles. The molecule has 15 heteroatoms. The molecular formula is C27H33FN4O8S2. The number of aromatic nitrogens is 1. The van der Waals surface area contributed by atoms with E-state index in [4.69, 9.17) is 9.26 Å². The molecule has 0 bridgehead atoms. The van der Waals surface area contributed by atoms with E-state index in [1.54, 1.807) is 13.8 Å². The third-order valence-corrected chi connectivity index (χ3v) is 10.6. The van der Waals surface area contributed by atoms with Crippen LogP contribution < -0.4 is 9.46 Å². The Balaban J connectivity index is 1.78. The Hall–Kier alpha value is -3.53. The summed E-state index contributed by atoms with van der Waals surface area (Å²) in [6.07, 6.45) is -0.879. The van der Waals surface area contributed by atoms with Gasteiger partial charge in [0.15, 0.2) is 16.4 Å². The number of amides is 1. The number of carbonyl (C=O) groups is 1. The fourth-order valence-electron chi connectivity index (χ4n) is 4.73. The van der Waals surface area contributed by atoms with E-state index in [1.807, 2.05) is 0 Å². The van der Waals surface area contributed by atoms with Crippen LogP contribution in [0.2, 0.25) is 0 Å². The van der Waals surface area contributed by atoms with E-state index in [0.29, 0.717) is 0 Å². The summed E-state index contributed by atoms with van der Waals surface area (Å²) < 4.78 is 81.6. The average molecular weight is 625 g/mol. The van der Waals surface area contributed by atoms with Crippen molar-refractivity contribution in [2.75, 3.05) is 31.5 Å². The first kappa shape index (κ1) is 31.4. The zero-order valence-corrected chi connectivity index (χ0v) is 25.4. The molecule has 228 valence electrons. The molecule has 0 radical (unpaired) electrons. The minimum atomic E-state index is -4.24. The van der Waals surface area contributed by atoms with Crippen LogP contribution >= 0.6 is 0 Å². The van der Waals surface area contributed by atoms with Crippen LogP contribution in [0.4, 0.5) is 10.1 Å². The van der Waals surface area contributed by atoms with E-state index in [9.17, 15) is 31.1 Å². The Morgan fingerprint density at radius 1 is 1.17 bits per heavy atom. The molecule has 1 aliphatic heterocycles. The summed E-state index contributed by atoms with van der Waals surface area (Å²) in [7, 11) is -6.96. The Bertz CT molecular complexity index is 1660. The second kappa shape index (κ2) is 12.0. The van der Waals surface area contributed by atoms with E-state index in [-0.39, 0.29) is 57.9 Å². The number of likely N-dealkylation sites (N-methyl/N-ethyl adjacent to an activating group) is 1. The lowest BCUT2D eigenvalue weighted by molar-refractivity contribution is 0.0389. The third kappa shape index (κ3) is 6.14. The van der Waals surface area contributed by atoms with Crippen molar-refractivity contribution in [2.24, 2.45) is 5.92 Å². The van der Waals surface area contributed by atoms with Gasteiger partial charge in [-0.25, -0.2) is 21.2 Å². The topological polar surface area (TPSA) is 159 Å². The monoisotopic (exact) mass is 624 g/mol. The van der Waals surface area contributed by atoms with Crippen LogP contribution in [0.15, 0.2) is 56.8 Å². The Labute approximate surface area is 244 Å². The molecule has 4 rings (SSSR count). The second-order valence-electron chi connectivity index (χ2n) is 10.3. The molecule has 3 atom stereocenters. The van der Waals surface area contributed by atoms with Crippen molar-refractivity contribution in [3.05, 3.63) is 65.3 Å². The summed E-state index contributed by atoms with van der Waals surface area (Å²) in [5.41, 5.74) is 0.105. The Kier molecular flexibility index (Phi) is 8.97. The number of aryl methyl sites for hydroxylation is 2. The van der Waals surface area contributed by atoms with Crippen LogP contribution in [-0.2, 0) is 20.0 Å². The lowest BCUT2D eigenvalue weighted by Crippen LogP contribution is -2.50. The van der Waals surface area contributed by atoms with Crippen LogP contribution in [0.3, 0.4) is 0 Å². The van der Waals surface area contributed by atoms with Crippen molar-refractivity contribution >= 4 is 31.6 Å². The fourth-order valence-corrected chi connectivity index (χ4v) is 7.31. The maximum atomic E-state index is 13.7. The number of carbonyl (C=O) groups excluding carboxylic acids is 1. The SMILES string of the molecule is Cc1noc(C)c1S(=O)(=O)Nc1cccc2c1O[C@@H](CN(C)S(=O)(=O)c1ccc(F)cc1)[C@@H](C)CN([C@@H](C)CO)C2=O. The first-order valence-electron chi connectivity index (χ1n) is 13.1. The van der Waals surface area contributed by atoms with Crippen molar-refractivity contribution in [3.63, 3.8) is 0 Å². The van der Waals surface area contributed by atoms with E-state index in [2.05, 4.69) is 9.88 Å². The first-order chi connectivity index (χ1) is 19.7. The molecule has 0 saturated heterocycles. The van der Waals surface area contributed by atoms with Gasteiger partial charge in [-0.05, 0) is 57.2 Å². The second-order valence-corrected chi connectivity index (χ2v) is 14.0. The predicted molar refractivity (Wildman–Crippen MR) is 151 cm³/mol. The number of anilines is 1. The summed E-state index contributed by atoms with van der Waals surface area (Å²) in [6, 6.07) is 8.17. The molecule has 2 aromatic carbocycles. The van der Waals surface area contributed by atoms with Gasteiger partial charge in [0.05, 0.1) is 35.3 Å². The number of fused-ring (bicyclic) bond motifs is 1. The molecule has 3 aromatic rings. The Morgan fingerprint density at radius 3 is 2.43 bits per heavy atom. The summed E-state index contributed by atoms with van der Waals surface area (Å²) in [5.74, 6) is -1.59. The Morgan fingerprint density at radius 2 is 1.83 bits per heavy atom. The number of nitrogens with one attached hydrogen (secondary N) is 1. The lowest BCUT2D eigenvalue weighted by Gasteiger charge is -2.38. The van der Waals surface area contributed by atoms with Gasteiger partial charge in [-0.1, -0.05) is 18.1 Å². The number of aliphatic hydroxyl groups excluding tert-OH is 1. The van der Waals surface area contributed by atoms with Gasteiger partial charge in [-0.3, -0.25) is 9.52 Å². The fraction of sp³-hybridized carbons (Fsp3) is 0.407. The van der Waals surface area contributed by atoms with Crippen LogP contribution in [-0.4, -0.2) is 81.1 Å². The maximum absolute atomic E-state index is 13.7. The number of benzene rings is 2. The number of halogens is 1. The van der Waals surface area contributed by atoms with Crippen molar-refractivity contribution < 1.29 is 40.4 Å². The summed E-state index contributed by atoms with van der Waals surface area (Å²) >= 11 is 0. The number of nitrogens with zero attached hydrogens (tertiary/aromatic N) is 3. The van der Waals surface area contributed by atoms with Crippen molar-refractivity contribution in [1.82, 2.24) is 14.4 Å². The number of aliphatic hydroxyl groups is 1. The molecule has 2 heterocycles. The van der Waals surface area contributed by atoms with E-state index < -0.39 is 49.8 Å². The molecular weight excluding hydrogens is 591 g/mol. The standard InChI is InChI=1S/C27H33FN4O8S2/c1-16-13-32(17(2)15-33)27(34)22-7-6-8-23(30-41(35,36)26-18(3)29-40-19(26)4)25(22)39-24(16)14-31(5)42(37,38)21-11-9-20(28)10-12-21/h6-12,16-17,24,30,33H,13-15H2,1-5H3/t16-,17-,24-/m0/s1. The molecule has 0 saturated carbocycles. The van der Waals surface area contributed by atoms with Crippen LogP contribution in [0.1, 0.15) is 35.7 Å². The van der Waals surface area contributed by atoms with Gasteiger partial charge < -0.3 is 19.3 Å². The summed E-state index contributed by atoms with van der Waals surface area (Å²) in [4.78, 5) is 14.8. The van der Waals surface area contributed by atoms with Crippen LogP contribution in [0, 0.1) is 25.6 Å². The molecule has 42 heavy (non-hydrogen) atoms. The average Bonchev–Trinajstić information content (AvgIpc) is 3.28. The number of rotatable bonds is 9. The van der Waals surface area contributed by atoms with Crippen molar-refractivity contribution in [1.29, 1.82) is 0 Å². The number of sulfonamides is 2. The molecule has 1 aromatic heterocycles. The molecule has 2 N–H and O–H groups in total. The first-order valence-corrected chi connectivity index (χ1v) is 16.0. The van der Waals surface area contributed by atoms with Crippen molar-refractivity contribution in [3.8, 4) is 5.75 Å². The van der Waals surface area contributed by atoms with Gasteiger partial charge in [-0.15, -0.1) is 0 Å². The van der Waals surface area contributed by atoms with E-state index in [0.717, 1.165) is 28.6 Å². The number of ether oxygens (including phenoxy) is 1. The minimum absolute atomic E-state index is 0.0233. The van der Waals surface area contributed by atoms with Crippen molar-refractivity contribution in [2.45, 2.75) is 49.6 Å². The molecule has 0 fully saturated rings. The highest BCUT2D eigenvalue weighted by Gasteiger charge is 2.37. The van der Waals surface area contributed by atoms with E-state index in [1.165, 1.54) is 44.0 Å². The molecule has 1 amide bonds. The number of para-hydroxylation sites is 1. The summed E-state index contributed by atoms with van der Waals surface area (Å²) in [5, 5.41) is 13.6. The highest BCUT2D eigenvalue weighted by atomic mass is 32.2. The largest absolute Gasteiger partial charge is 0.486 e.